The first-order valence-corrected chi connectivity index (χ1v) is 11.9. The van der Waals surface area contributed by atoms with Gasteiger partial charge in [-0.2, -0.15) is 0 Å². The molecule has 0 saturated heterocycles. The minimum Gasteiger partial charge on any atom is -0.507 e. The maximum atomic E-state index is 13.8. The lowest BCUT2D eigenvalue weighted by Gasteiger charge is -2.29. The molecule has 37 heavy (non-hydrogen) atoms. The molecule has 5 rings (SSSR count). The zero-order valence-corrected chi connectivity index (χ0v) is 20.9. The second-order valence-corrected chi connectivity index (χ2v) is 9.66. The number of carbonyl (C=O) groups is 4. The Hall–Kier alpha value is -4.40. The highest BCUT2D eigenvalue weighted by Crippen LogP contribution is 2.57. The summed E-state index contributed by atoms with van der Waals surface area (Å²) in [6, 6.07) is 7.65. The van der Waals surface area contributed by atoms with Gasteiger partial charge in [0.05, 0.1) is 17.7 Å². The van der Waals surface area contributed by atoms with Gasteiger partial charge in [0.25, 0.3) is 0 Å². The molecular weight excluding hydrogens is 476 g/mol. The van der Waals surface area contributed by atoms with Crippen LogP contribution in [0.5, 0.6) is 17.2 Å². The Bertz CT molecular complexity index is 1500. The number of ketones is 3. The Balaban J connectivity index is 1.50. The number of hydrogen-bond acceptors (Lipinski definition) is 8. The number of aromatic hydroxyl groups is 2. The van der Waals surface area contributed by atoms with E-state index < -0.39 is 28.5 Å². The molecule has 1 aliphatic carbocycles. The highest BCUT2D eigenvalue weighted by Gasteiger charge is 2.56. The van der Waals surface area contributed by atoms with Gasteiger partial charge in [-0.15, -0.1) is 0 Å². The number of nitrogens with one attached hydrogen (secondary N) is 1. The number of benzene rings is 2. The fraction of sp³-hybridized carbons (Fsp3) is 0.286. The highest BCUT2D eigenvalue weighted by molar-refractivity contribution is 6.31. The number of Topliss-reactive ketones (excluding diaryl/α,β-unsaturated/α-hetero) is 2. The Morgan fingerprint density at radius 1 is 1.14 bits per heavy atom. The number of para-hydroxylation sites is 1. The first kappa shape index (κ1) is 24.3. The van der Waals surface area contributed by atoms with E-state index in [0.29, 0.717) is 6.54 Å². The van der Waals surface area contributed by atoms with Crippen molar-refractivity contribution in [3.05, 3.63) is 69.6 Å². The van der Waals surface area contributed by atoms with E-state index in [0.717, 1.165) is 23.7 Å². The van der Waals surface area contributed by atoms with Gasteiger partial charge in [0.15, 0.2) is 17.3 Å². The van der Waals surface area contributed by atoms with Crippen LogP contribution in [0.1, 0.15) is 47.8 Å². The maximum Gasteiger partial charge on any atom is 0.246 e. The quantitative estimate of drug-likeness (QED) is 0.330. The van der Waals surface area contributed by atoms with E-state index in [-0.39, 0.29) is 57.7 Å². The number of fused-ring (bicyclic) bond motifs is 4. The summed E-state index contributed by atoms with van der Waals surface area (Å²) in [5, 5.41) is 24.3. The van der Waals surface area contributed by atoms with Crippen molar-refractivity contribution in [2.75, 3.05) is 18.0 Å². The van der Waals surface area contributed by atoms with Gasteiger partial charge in [0, 0.05) is 29.6 Å². The largest absolute Gasteiger partial charge is 0.507 e. The SMILES string of the molecule is CC(=O)c1c(O)c(C)c(O)c2c1OC1=CC(=O)C(=C(C)NCC(=O)N3CCc4ccccc43)C(=O)C12C. The van der Waals surface area contributed by atoms with Crippen molar-refractivity contribution in [1.82, 2.24) is 5.32 Å². The zero-order chi connectivity index (χ0) is 26.8. The monoisotopic (exact) mass is 502 g/mol. The van der Waals surface area contributed by atoms with Gasteiger partial charge in [0.1, 0.15) is 34.0 Å². The van der Waals surface area contributed by atoms with Crippen LogP contribution < -0.4 is 15.0 Å². The lowest BCUT2D eigenvalue weighted by atomic mass is 9.70. The van der Waals surface area contributed by atoms with Crippen molar-refractivity contribution >= 4 is 28.9 Å². The number of phenols is 2. The third-order valence-electron chi connectivity index (χ3n) is 7.45. The van der Waals surface area contributed by atoms with Gasteiger partial charge < -0.3 is 25.2 Å². The predicted octanol–water partition coefficient (Wildman–Crippen LogP) is 2.75. The van der Waals surface area contributed by atoms with E-state index >= 15 is 0 Å². The molecule has 0 spiro atoms. The summed E-state index contributed by atoms with van der Waals surface area (Å²) < 4.78 is 5.77. The van der Waals surface area contributed by atoms with Gasteiger partial charge in [-0.1, -0.05) is 18.2 Å². The van der Waals surface area contributed by atoms with E-state index in [9.17, 15) is 29.4 Å². The summed E-state index contributed by atoms with van der Waals surface area (Å²) in [5.74, 6) is -3.01. The van der Waals surface area contributed by atoms with Crippen molar-refractivity contribution in [2.45, 2.75) is 39.5 Å². The second kappa shape index (κ2) is 8.33. The number of hydrogen-bond donors (Lipinski definition) is 3. The van der Waals surface area contributed by atoms with Crippen LogP contribution in [0, 0.1) is 6.92 Å². The first-order chi connectivity index (χ1) is 17.5. The Morgan fingerprint density at radius 2 is 1.84 bits per heavy atom. The average Bonchev–Trinajstić information content (AvgIpc) is 3.41. The normalized spacial score (nSPS) is 21.1. The summed E-state index contributed by atoms with van der Waals surface area (Å²) >= 11 is 0. The number of allylic oxidation sites excluding steroid dienone is 4. The average molecular weight is 503 g/mol. The Labute approximate surface area is 213 Å². The molecule has 0 aromatic heterocycles. The van der Waals surface area contributed by atoms with E-state index in [1.807, 2.05) is 24.3 Å². The summed E-state index contributed by atoms with van der Waals surface area (Å²) in [6.07, 6.45) is 1.90. The number of nitrogens with zero attached hydrogens (tertiary/aromatic N) is 1. The molecule has 0 bridgehead atoms. The number of amides is 1. The van der Waals surface area contributed by atoms with Crippen LogP contribution in [-0.4, -0.2) is 46.6 Å². The third-order valence-corrected chi connectivity index (χ3v) is 7.45. The molecular formula is C28H26N2O7. The van der Waals surface area contributed by atoms with Gasteiger partial charge >= 0.3 is 0 Å². The maximum absolute atomic E-state index is 13.8. The smallest absolute Gasteiger partial charge is 0.246 e. The molecule has 2 aliphatic heterocycles. The van der Waals surface area contributed by atoms with Crippen LogP contribution in [0.3, 0.4) is 0 Å². The molecule has 2 aromatic carbocycles. The van der Waals surface area contributed by atoms with Crippen LogP contribution in [0.15, 0.2) is 47.4 Å². The second-order valence-electron chi connectivity index (χ2n) is 9.66. The number of phenolic OH excluding ortho intramolecular Hbond substituents is 2. The molecule has 0 fully saturated rings. The van der Waals surface area contributed by atoms with E-state index in [1.165, 1.54) is 27.7 Å². The van der Waals surface area contributed by atoms with Crippen LogP contribution in [-0.2, 0) is 26.2 Å². The van der Waals surface area contributed by atoms with Crippen LogP contribution >= 0.6 is 0 Å². The van der Waals surface area contributed by atoms with E-state index in [2.05, 4.69) is 5.32 Å². The van der Waals surface area contributed by atoms with Gasteiger partial charge in [-0.25, -0.2) is 0 Å². The minimum atomic E-state index is -1.60. The molecule has 9 nitrogen and oxygen atoms in total. The molecule has 1 amide bonds. The van der Waals surface area contributed by atoms with Crippen molar-refractivity contribution in [1.29, 1.82) is 0 Å². The van der Waals surface area contributed by atoms with Crippen LogP contribution in [0.2, 0.25) is 0 Å². The fourth-order valence-corrected chi connectivity index (χ4v) is 5.35. The number of carbonyl (C=O) groups excluding carboxylic acids is 4. The number of ether oxygens (including phenoxy) is 1. The van der Waals surface area contributed by atoms with Gasteiger partial charge in [0.2, 0.25) is 5.91 Å². The van der Waals surface area contributed by atoms with Crippen molar-refractivity contribution in [2.24, 2.45) is 0 Å². The molecule has 1 atom stereocenters. The van der Waals surface area contributed by atoms with E-state index in [4.69, 9.17) is 4.74 Å². The Kier molecular flexibility index (Phi) is 5.47. The topological polar surface area (TPSA) is 133 Å². The predicted molar refractivity (Wildman–Crippen MR) is 134 cm³/mol. The highest BCUT2D eigenvalue weighted by atomic mass is 16.5. The summed E-state index contributed by atoms with van der Waals surface area (Å²) in [6.45, 7) is 6.12. The first-order valence-electron chi connectivity index (χ1n) is 11.9. The summed E-state index contributed by atoms with van der Waals surface area (Å²) in [5.41, 5.74) is 0.239. The lowest BCUT2D eigenvalue weighted by Crippen LogP contribution is -2.42. The molecule has 2 aromatic rings. The summed E-state index contributed by atoms with van der Waals surface area (Å²) in [4.78, 5) is 53.8. The standard InChI is InChI=1S/C28H26N2O7/c1-13-24(34)22(15(3)31)26-23(25(13)35)28(4)19(37-26)11-18(32)21(27(28)36)14(2)29-12-20(33)30-10-9-16-7-5-6-8-17(16)30/h5-8,11,29,34-35H,9-10,12H2,1-4H3. The molecule has 9 heteroatoms. The van der Waals surface area contributed by atoms with E-state index in [1.54, 1.807) is 4.90 Å². The molecule has 3 N–H and O–H groups in total. The fourth-order valence-electron chi connectivity index (χ4n) is 5.35. The van der Waals surface area contributed by atoms with Crippen molar-refractivity contribution in [3.63, 3.8) is 0 Å². The molecule has 3 aliphatic rings. The van der Waals surface area contributed by atoms with Crippen molar-refractivity contribution in [3.8, 4) is 17.2 Å². The third kappa shape index (κ3) is 3.37. The number of anilines is 1. The van der Waals surface area contributed by atoms with Crippen LogP contribution in [0.4, 0.5) is 5.69 Å². The molecule has 190 valence electrons. The van der Waals surface area contributed by atoms with Gasteiger partial charge in [-0.05, 0) is 45.7 Å². The van der Waals surface area contributed by atoms with Crippen molar-refractivity contribution < 1.29 is 34.1 Å². The lowest BCUT2D eigenvalue weighted by molar-refractivity contribution is -0.124. The molecule has 0 saturated carbocycles. The molecule has 0 radical (unpaired) electrons. The van der Waals surface area contributed by atoms with Crippen LogP contribution in [0.25, 0.3) is 0 Å². The molecule has 1 unspecified atom stereocenters. The Morgan fingerprint density at radius 3 is 2.54 bits per heavy atom. The molecule has 2 heterocycles. The summed E-state index contributed by atoms with van der Waals surface area (Å²) in [7, 11) is 0. The van der Waals surface area contributed by atoms with Gasteiger partial charge in [-0.3, -0.25) is 19.2 Å². The minimum absolute atomic E-state index is 0.0202. The number of rotatable bonds is 4. The zero-order valence-electron chi connectivity index (χ0n) is 20.9.